The predicted octanol–water partition coefficient (Wildman–Crippen LogP) is 3.36. The fourth-order valence-corrected chi connectivity index (χ4v) is 2.66. The molecule has 0 unspecified atom stereocenters. The first-order valence-corrected chi connectivity index (χ1v) is 7.61. The molecule has 1 aromatic heterocycles. The Morgan fingerprint density at radius 2 is 2.10 bits per heavy atom. The smallest absolute Gasteiger partial charge is 0.331 e. The lowest BCUT2D eigenvalue weighted by Crippen LogP contribution is -2.42. The average molecular weight is 374 g/mol. The SMILES string of the molecule is CCC(CC)(C(=O)O)n1nnnc1-c1ccc(Br)c(Cl)c1. The molecule has 2 aromatic rings. The minimum atomic E-state index is -1.17. The summed E-state index contributed by atoms with van der Waals surface area (Å²) in [6.07, 6.45) is 0.752. The monoisotopic (exact) mass is 372 g/mol. The predicted molar refractivity (Wildman–Crippen MR) is 82.2 cm³/mol. The Bertz CT molecular complexity index is 670. The normalized spacial score (nSPS) is 11.6. The Morgan fingerprint density at radius 1 is 1.43 bits per heavy atom. The molecule has 1 heterocycles. The molecular formula is C13H14BrClN4O2. The largest absolute Gasteiger partial charge is 0.479 e. The zero-order valence-corrected chi connectivity index (χ0v) is 13.9. The maximum absolute atomic E-state index is 11.7. The fourth-order valence-electron chi connectivity index (χ4n) is 2.23. The standard InChI is InChI=1S/C13H14BrClN4O2/c1-3-13(4-2,12(20)21)19-11(16-17-18-19)8-5-6-9(14)10(15)7-8/h5-7H,3-4H2,1-2H3,(H,20,21). The summed E-state index contributed by atoms with van der Waals surface area (Å²) in [5.74, 6) is -0.570. The van der Waals surface area contributed by atoms with Gasteiger partial charge in [-0.15, -0.1) is 5.10 Å². The third-order valence-electron chi connectivity index (χ3n) is 3.62. The summed E-state index contributed by atoms with van der Waals surface area (Å²) in [7, 11) is 0. The summed E-state index contributed by atoms with van der Waals surface area (Å²) in [6.45, 7) is 3.61. The van der Waals surface area contributed by atoms with Crippen molar-refractivity contribution in [2.45, 2.75) is 32.2 Å². The van der Waals surface area contributed by atoms with Crippen molar-refractivity contribution in [3.8, 4) is 11.4 Å². The molecule has 0 aliphatic carbocycles. The third kappa shape index (κ3) is 2.67. The van der Waals surface area contributed by atoms with Crippen LogP contribution in [0.2, 0.25) is 5.02 Å². The van der Waals surface area contributed by atoms with E-state index < -0.39 is 11.5 Å². The first-order chi connectivity index (χ1) is 9.96. The molecule has 0 atom stereocenters. The number of rotatable bonds is 5. The van der Waals surface area contributed by atoms with Crippen LogP contribution in [0.4, 0.5) is 0 Å². The maximum atomic E-state index is 11.7. The summed E-state index contributed by atoms with van der Waals surface area (Å²) in [4.78, 5) is 11.7. The van der Waals surface area contributed by atoms with Crippen molar-refractivity contribution < 1.29 is 9.90 Å². The van der Waals surface area contributed by atoms with Crippen LogP contribution in [0.1, 0.15) is 26.7 Å². The quantitative estimate of drug-likeness (QED) is 0.869. The van der Waals surface area contributed by atoms with Crippen molar-refractivity contribution in [2.75, 3.05) is 0 Å². The number of carboxylic acid groups (broad SMARTS) is 1. The van der Waals surface area contributed by atoms with Gasteiger partial charge in [0, 0.05) is 10.0 Å². The summed E-state index contributed by atoms with van der Waals surface area (Å²) < 4.78 is 2.12. The minimum absolute atomic E-state index is 0.376. The highest BCUT2D eigenvalue weighted by molar-refractivity contribution is 9.10. The molecule has 0 fully saturated rings. The van der Waals surface area contributed by atoms with Crippen LogP contribution < -0.4 is 0 Å². The van der Waals surface area contributed by atoms with E-state index in [4.69, 9.17) is 11.6 Å². The van der Waals surface area contributed by atoms with E-state index in [1.807, 2.05) is 0 Å². The van der Waals surface area contributed by atoms with E-state index in [-0.39, 0.29) is 0 Å². The number of aliphatic carboxylic acids is 1. The van der Waals surface area contributed by atoms with Gasteiger partial charge in [-0.05, 0) is 57.4 Å². The van der Waals surface area contributed by atoms with Crippen LogP contribution in [0.25, 0.3) is 11.4 Å². The van der Waals surface area contributed by atoms with Crippen molar-refractivity contribution in [1.82, 2.24) is 20.2 Å². The van der Waals surface area contributed by atoms with Crippen LogP contribution in [-0.4, -0.2) is 31.3 Å². The number of aromatic nitrogens is 4. The summed E-state index contributed by atoms with van der Waals surface area (Å²) >= 11 is 9.40. The topological polar surface area (TPSA) is 80.9 Å². The van der Waals surface area contributed by atoms with Gasteiger partial charge < -0.3 is 5.11 Å². The van der Waals surface area contributed by atoms with E-state index in [1.54, 1.807) is 32.0 Å². The van der Waals surface area contributed by atoms with Crippen LogP contribution in [-0.2, 0) is 10.3 Å². The first kappa shape index (κ1) is 15.9. The zero-order valence-electron chi connectivity index (χ0n) is 11.5. The molecule has 0 saturated carbocycles. The van der Waals surface area contributed by atoms with Gasteiger partial charge in [0.2, 0.25) is 0 Å². The Balaban J connectivity index is 2.61. The lowest BCUT2D eigenvalue weighted by atomic mass is 9.92. The lowest BCUT2D eigenvalue weighted by molar-refractivity contribution is -0.148. The molecule has 8 heteroatoms. The molecule has 0 aliphatic rings. The molecule has 6 nitrogen and oxygen atoms in total. The van der Waals surface area contributed by atoms with Gasteiger partial charge in [0.05, 0.1) is 5.02 Å². The van der Waals surface area contributed by atoms with Gasteiger partial charge in [-0.3, -0.25) is 0 Å². The van der Waals surface area contributed by atoms with Crippen molar-refractivity contribution >= 4 is 33.5 Å². The van der Waals surface area contributed by atoms with Crippen LogP contribution in [0, 0.1) is 0 Å². The molecule has 1 aromatic carbocycles. The molecule has 0 spiro atoms. The molecule has 112 valence electrons. The second-order valence-electron chi connectivity index (χ2n) is 4.59. The molecule has 0 amide bonds. The van der Waals surface area contributed by atoms with E-state index in [2.05, 4.69) is 31.5 Å². The molecule has 2 rings (SSSR count). The average Bonchev–Trinajstić information content (AvgIpc) is 2.93. The highest BCUT2D eigenvalue weighted by atomic mass is 79.9. The Kier molecular flexibility index (Phi) is 4.63. The van der Waals surface area contributed by atoms with Crippen LogP contribution in [0.15, 0.2) is 22.7 Å². The number of hydrogen-bond acceptors (Lipinski definition) is 4. The highest BCUT2D eigenvalue weighted by Gasteiger charge is 2.40. The third-order valence-corrected chi connectivity index (χ3v) is 4.85. The number of tetrazole rings is 1. The van der Waals surface area contributed by atoms with Crippen molar-refractivity contribution in [3.63, 3.8) is 0 Å². The van der Waals surface area contributed by atoms with Gasteiger partial charge in [-0.1, -0.05) is 25.4 Å². The zero-order chi connectivity index (χ0) is 15.6. The Hall–Kier alpha value is -1.47. The van der Waals surface area contributed by atoms with E-state index in [9.17, 15) is 9.90 Å². The molecule has 0 radical (unpaired) electrons. The van der Waals surface area contributed by atoms with Gasteiger partial charge in [0.25, 0.3) is 0 Å². The second kappa shape index (κ2) is 6.11. The summed E-state index contributed by atoms with van der Waals surface area (Å²) in [6, 6.07) is 5.26. The van der Waals surface area contributed by atoms with Crippen molar-refractivity contribution in [3.05, 3.63) is 27.7 Å². The van der Waals surface area contributed by atoms with Gasteiger partial charge in [-0.2, -0.15) is 0 Å². The maximum Gasteiger partial charge on any atom is 0.331 e. The van der Waals surface area contributed by atoms with Crippen molar-refractivity contribution in [1.29, 1.82) is 0 Å². The minimum Gasteiger partial charge on any atom is -0.479 e. The number of halogens is 2. The van der Waals surface area contributed by atoms with E-state index in [0.717, 1.165) is 4.47 Å². The van der Waals surface area contributed by atoms with E-state index in [1.165, 1.54) is 4.68 Å². The van der Waals surface area contributed by atoms with Crippen LogP contribution in [0.3, 0.4) is 0 Å². The summed E-state index contributed by atoms with van der Waals surface area (Å²) in [5.41, 5.74) is -0.501. The number of hydrogen-bond donors (Lipinski definition) is 1. The fraction of sp³-hybridized carbons (Fsp3) is 0.385. The Labute approximate surface area is 135 Å². The Morgan fingerprint density at radius 3 is 2.62 bits per heavy atom. The molecule has 0 aliphatic heterocycles. The van der Waals surface area contributed by atoms with Gasteiger partial charge in [0.15, 0.2) is 11.4 Å². The lowest BCUT2D eigenvalue weighted by Gasteiger charge is -2.27. The van der Waals surface area contributed by atoms with Crippen LogP contribution in [0.5, 0.6) is 0 Å². The van der Waals surface area contributed by atoms with Gasteiger partial charge in [0.1, 0.15) is 0 Å². The number of carboxylic acids is 1. The number of carbonyl (C=O) groups is 1. The molecule has 21 heavy (non-hydrogen) atoms. The molecular weight excluding hydrogens is 360 g/mol. The first-order valence-electron chi connectivity index (χ1n) is 6.44. The van der Waals surface area contributed by atoms with E-state index >= 15 is 0 Å². The van der Waals surface area contributed by atoms with Gasteiger partial charge in [-0.25, -0.2) is 9.48 Å². The molecule has 0 bridgehead atoms. The summed E-state index contributed by atoms with van der Waals surface area (Å²) in [5, 5.41) is 21.6. The number of nitrogens with zero attached hydrogens (tertiary/aromatic N) is 4. The van der Waals surface area contributed by atoms with E-state index in [0.29, 0.717) is 29.3 Å². The highest BCUT2D eigenvalue weighted by Crippen LogP contribution is 2.32. The number of benzene rings is 1. The second-order valence-corrected chi connectivity index (χ2v) is 5.85. The van der Waals surface area contributed by atoms with Crippen LogP contribution >= 0.6 is 27.5 Å². The van der Waals surface area contributed by atoms with Gasteiger partial charge >= 0.3 is 5.97 Å². The molecule has 1 N–H and O–H groups in total. The molecule has 0 saturated heterocycles. The van der Waals surface area contributed by atoms with Crippen molar-refractivity contribution in [2.24, 2.45) is 0 Å².